The smallest absolute Gasteiger partial charge is 0.257 e. The summed E-state index contributed by atoms with van der Waals surface area (Å²) in [6.45, 7) is 6.12. The van der Waals surface area contributed by atoms with Crippen molar-refractivity contribution in [3.8, 4) is 22.4 Å². The summed E-state index contributed by atoms with van der Waals surface area (Å²) in [5, 5.41) is 3.67. The first kappa shape index (κ1) is 21.0. The van der Waals surface area contributed by atoms with E-state index in [-0.39, 0.29) is 5.91 Å². The summed E-state index contributed by atoms with van der Waals surface area (Å²) in [6, 6.07) is 24.8. The molecule has 1 amide bonds. The summed E-state index contributed by atoms with van der Waals surface area (Å²) >= 11 is 1.57. The summed E-state index contributed by atoms with van der Waals surface area (Å²) in [4.78, 5) is 18.9. The Balaban J connectivity index is 1.61. The molecule has 0 fully saturated rings. The van der Waals surface area contributed by atoms with Gasteiger partial charge in [-0.2, -0.15) is 0 Å². The molecule has 1 N–H and O–H groups in total. The molecule has 1 heterocycles. The van der Waals surface area contributed by atoms with E-state index in [1.165, 1.54) is 16.0 Å². The van der Waals surface area contributed by atoms with Crippen molar-refractivity contribution in [1.82, 2.24) is 4.98 Å². The number of carbonyl (C=O) groups is 1. The fourth-order valence-electron chi connectivity index (χ4n) is 3.62. The fraction of sp³-hybridized carbons (Fsp3) is 0.185. The maximum absolute atomic E-state index is 12.9. The molecule has 31 heavy (non-hydrogen) atoms. The number of amides is 1. The highest BCUT2D eigenvalue weighted by Gasteiger charge is 2.16. The van der Waals surface area contributed by atoms with E-state index in [9.17, 15) is 4.79 Å². The van der Waals surface area contributed by atoms with Crippen molar-refractivity contribution in [2.75, 3.05) is 5.32 Å². The number of nitrogens with zero attached hydrogens (tertiary/aromatic N) is 1. The van der Waals surface area contributed by atoms with Crippen LogP contribution in [0.15, 0.2) is 72.8 Å². The van der Waals surface area contributed by atoms with E-state index >= 15 is 0 Å². The topological polar surface area (TPSA) is 42.0 Å². The van der Waals surface area contributed by atoms with Crippen molar-refractivity contribution >= 4 is 22.4 Å². The summed E-state index contributed by atoms with van der Waals surface area (Å²) < 4.78 is 0. The highest BCUT2D eigenvalue weighted by molar-refractivity contribution is 7.16. The number of hydrogen-bond donors (Lipinski definition) is 1. The van der Waals surface area contributed by atoms with Crippen LogP contribution >= 0.6 is 11.3 Å². The molecule has 1 aromatic heterocycles. The van der Waals surface area contributed by atoms with Gasteiger partial charge in [-0.3, -0.25) is 10.1 Å². The molecule has 0 aliphatic carbocycles. The number of rotatable bonds is 6. The fourth-order valence-corrected chi connectivity index (χ4v) is 4.70. The van der Waals surface area contributed by atoms with Gasteiger partial charge in [0.1, 0.15) is 0 Å². The van der Waals surface area contributed by atoms with Crippen LogP contribution in [0.3, 0.4) is 0 Å². The molecule has 4 rings (SSSR count). The van der Waals surface area contributed by atoms with Crippen LogP contribution in [-0.4, -0.2) is 10.9 Å². The Morgan fingerprint density at radius 3 is 2.29 bits per heavy atom. The average Bonchev–Trinajstić information content (AvgIpc) is 3.18. The lowest BCUT2D eigenvalue weighted by Crippen LogP contribution is -2.13. The van der Waals surface area contributed by atoms with E-state index in [2.05, 4.69) is 48.6 Å². The Kier molecular flexibility index (Phi) is 6.28. The maximum Gasteiger partial charge on any atom is 0.257 e. The predicted octanol–water partition coefficient (Wildman–Crippen LogP) is 7.30. The molecule has 0 radical (unpaired) electrons. The summed E-state index contributed by atoms with van der Waals surface area (Å²) in [5.41, 5.74) is 7.14. The second-order valence-electron chi connectivity index (χ2n) is 7.76. The summed E-state index contributed by atoms with van der Waals surface area (Å²) in [7, 11) is 0. The van der Waals surface area contributed by atoms with E-state index in [1.54, 1.807) is 11.3 Å². The third kappa shape index (κ3) is 4.75. The molecule has 3 nitrogen and oxygen atoms in total. The molecule has 0 saturated heterocycles. The molecule has 0 unspecified atom stereocenters. The molecule has 0 saturated carbocycles. The largest absolute Gasteiger partial charge is 0.298 e. The van der Waals surface area contributed by atoms with Crippen molar-refractivity contribution in [3.63, 3.8) is 0 Å². The molecule has 0 spiro atoms. The Labute approximate surface area is 187 Å². The van der Waals surface area contributed by atoms with Crippen LogP contribution in [0.4, 0.5) is 5.13 Å². The Morgan fingerprint density at radius 2 is 1.58 bits per heavy atom. The maximum atomic E-state index is 12.9. The second kappa shape index (κ2) is 9.27. The number of benzene rings is 3. The Morgan fingerprint density at radius 1 is 0.903 bits per heavy atom. The highest BCUT2D eigenvalue weighted by atomic mass is 32.1. The third-order valence-corrected chi connectivity index (χ3v) is 6.33. The lowest BCUT2D eigenvalue weighted by molar-refractivity contribution is 0.102. The van der Waals surface area contributed by atoms with E-state index < -0.39 is 0 Å². The van der Waals surface area contributed by atoms with Gasteiger partial charge in [0.05, 0.1) is 5.69 Å². The van der Waals surface area contributed by atoms with Gasteiger partial charge in [-0.1, -0.05) is 85.6 Å². The van der Waals surface area contributed by atoms with E-state index in [0.29, 0.717) is 10.7 Å². The van der Waals surface area contributed by atoms with E-state index in [1.807, 2.05) is 50.2 Å². The number of thiazole rings is 1. The number of aryl methyl sites for hydroxylation is 3. The molecule has 3 aromatic carbocycles. The van der Waals surface area contributed by atoms with Crippen molar-refractivity contribution in [3.05, 3.63) is 94.4 Å². The number of anilines is 1. The molecular weight excluding hydrogens is 400 g/mol. The molecule has 156 valence electrons. The average molecular weight is 427 g/mol. The van der Waals surface area contributed by atoms with Gasteiger partial charge >= 0.3 is 0 Å². The molecule has 4 aromatic rings. The molecule has 0 atom stereocenters. The standard InChI is InChI=1S/C27H26N2OS/c1-4-8-24-25(22-15-13-21(14-16-22)20-9-6-5-7-10-20)28-27(31-24)29-26(30)23-17-18(2)11-12-19(23)3/h5-7,9-17H,4,8H2,1-3H3,(H,28,29,30). The van der Waals surface area contributed by atoms with Gasteiger partial charge in [-0.15, -0.1) is 11.3 Å². The zero-order valence-electron chi connectivity index (χ0n) is 18.1. The molecular formula is C27H26N2OS. The number of hydrogen-bond acceptors (Lipinski definition) is 3. The minimum atomic E-state index is -0.107. The monoisotopic (exact) mass is 426 g/mol. The minimum absolute atomic E-state index is 0.107. The van der Waals surface area contributed by atoms with Gasteiger partial charge in [0, 0.05) is 16.0 Å². The first-order valence-corrected chi connectivity index (χ1v) is 11.4. The Hall–Kier alpha value is -3.24. The van der Waals surface area contributed by atoms with Gasteiger partial charge in [0.15, 0.2) is 5.13 Å². The lowest BCUT2D eigenvalue weighted by Gasteiger charge is -2.06. The van der Waals surface area contributed by atoms with Crippen LogP contribution in [0.5, 0.6) is 0 Å². The first-order valence-electron chi connectivity index (χ1n) is 10.6. The number of aromatic nitrogens is 1. The van der Waals surface area contributed by atoms with Crippen LogP contribution < -0.4 is 5.32 Å². The van der Waals surface area contributed by atoms with Crippen LogP contribution in [-0.2, 0) is 6.42 Å². The molecule has 0 bridgehead atoms. The molecule has 0 aliphatic rings. The van der Waals surface area contributed by atoms with Crippen molar-refractivity contribution in [2.24, 2.45) is 0 Å². The van der Waals surface area contributed by atoms with Gasteiger partial charge in [-0.25, -0.2) is 4.98 Å². The minimum Gasteiger partial charge on any atom is -0.298 e. The van der Waals surface area contributed by atoms with Crippen molar-refractivity contribution < 1.29 is 4.79 Å². The van der Waals surface area contributed by atoms with Crippen molar-refractivity contribution in [2.45, 2.75) is 33.6 Å². The van der Waals surface area contributed by atoms with E-state index in [4.69, 9.17) is 4.98 Å². The predicted molar refractivity (Wildman–Crippen MR) is 131 cm³/mol. The van der Waals surface area contributed by atoms with Crippen LogP contribution in [0, 0.1) is 13.8 Å². The van der Waals surface area contributed by atoms with Gasteiger partial charge in [0.25, 0.3) is 5.91 Å². The van der Waals surface area contributed by atoms with Crippen LogP contribution in [0.2, 0.25) is 0 Å². The van der Waals surface area contributed by atoms with E-state index in [0.717, 1.165) is 35.2 Å². The van der Waals surface area contributed by atoms with Gasteiger partial charge in [0.2, 0.25) is 0 Å². The highest BCUT2D eigenvalue weighted by Crippen LogP contribution is 2.33. The molecule has 4 heteroatoms. The summed E-state index contributed by atoms with van der Waals surface area (Å²) in [6.07, 6.45) is 1.97. The van der Waals surface area contributed by atoms with Crippen LogP contribution in [0.25, 0.3) is 22.4 Å². The summed E-state index contributed by atoms with van der Waals surface area (Å²) in [5.74, 6) is -0.107. The second-order valence-corrected chi connectivity index (χ2v) is 8.84. The van der Waals surface area contributed by atoms with Crippen molar-refractivity contribution in [1.29, 1.82) is 0 Å². The molecule has 0 aliphatic heterocycles. The Bertz CT molecular complexity index is 1190. The third-order valence-electron chi connectivity index (χ3n) is 5.30. The van der Waals surface area contributed by atoms with Gasteiger partial charge in [-0.05, 0) is 43.0 Å². The zero-order chi connectivity index (χ0) is 21.8. The SMILES string of the molecule is CCCc1sc(NC(=O)c2cc(C)ccc2C)nc1-c1ccc(-c2ccccc2)cc1. The normalized spacial score (nSPS) is 10.8. The number of nitrogens with one attached hydrogen (secondary N) is 1. The zero-order valence-corrected chi connectivity index (χ0v) is 18.9. The van der Waals surface area contributed by atoms with Gasteiger partial charge < -0.3 is 0 Å². The lowest BCUT2D eigenvalue weighted by atomic mass is 10.0. The first-order chi connectivity index (χ1) is 15.0. The quantitative estimate of drug-likeness (QED) is 0.351. The van der Waals surface area contributed by atoms with Crippen LogP contribution in [0.1, 0.15) is 39.7 Å². The number of carbonyl (C=O) groups excluding carboxylic acids is 1.